The summed E-state index contributed by atoms with van der Waals surface area (Å²) in [5.74, 6) is -0.131. The van der Waals surface area contributed by atoms with Gasteiger partial charge in [-0.25, -0.2) is 4.68 Å². The lowest BCUT2D eigenvalue weighted by atomic mass is 10.1. The van der Waals surface area contributed by atoms with Crippen LogP contribution in [0.2, 0.25) is 0 Å². The van der Waals surface area contributed by atoms with Gasteiger partial charge in [0, 0.05) is 38.9 Å². The molecule has 4 heterocycles. The summed E-state index contributed by atoms with van der Waals surface area (Å²) in [7, 11) is 1.82. The average molecular weight is 343 g/mol. The standard InChI is InChI=1S/C16H21N7O2/c1-11-7-13(18-20(11)2)15(24)22-8-12(9-22)23-10-14(17-19-23)16(25)21-5-3-4-6-21/h7,10,12H,3-6,8-9H2,1-2H3. The first-order chi connectivity index (χ1) is 12.0. The number of carbonyl (C=O) groups excluding carboxylic acids is 2. The van der Waals surface area contributed by atoms with Crippen molar-refractivity contribution in [3.8, 4) is 0 Å². The van der Waals surface area contributed by atoms with Crippen molar-refractivity contribution in [3.63, 3.8) is 0 Å². The van der Waals surface area contributed by atoms with Gasteiger partial charge in [0.05, 0.1) is 12.2 Å². The molecule has 0 saturated carbocycles. The molecule has 0 spiro atoms. The molecule has 2 aromatic rings. The second-order valence-electron chi connectivity index (χ2n) is 6.74. The summed E-state index contributed by atoms with van der Waals surface area (Å²) >= 11 is 0. The van der Waals surface area contributed by atoms with Crippen LogP contribution < -0.4 is 0 Å². The molecule has 0 N–H and O–H groups in total. The molecule has 2 amide bonds. The topological polar surface area (TPSA) is 89.2 Å². The maximum Gasteiger partial charge on any atom is 0.276 e. The summed E-state index contributed by atoms with van der Waals surface area (Å²) in [6.07, 6.45) is 3.79. The van der Waals surface area contributed by atoms with Gasteiger partial charge in [-0.15, -0.1) is 5.10 Å². The van der Waals surface area contributed by atoms with E-state index in [0.29, 0.717) is 24.5 Å². The van der Waals surface area contributed by atoms with Crippen molar-refractivity contribution in [1.82, 2.24) is 34.6 Å². The van der Waals surface area contributed by atoms with Crippen LogP contribution in [0.15, 0.2) is 12.3 Å². The van der Waals surface area contributed by atoms with Crippen molar-refractivity contribution < 1.29 is 9.59 Å². The minimum atomic E-state index is -0.0755. The zero-order valence-corrected chi connectivity index (χ0v) is 14.4. The van der Waals surface area contributed by atoms with E-state index < -0.39 is 0 Å². The van der Waals surface area contributed by atoms with Crippen LogP contribution in [0.25, 0.3) is 0 Å². The predicted molar refractivity (Wildman–Crippen MR) is 88.0 cm³/mol. The number of aromatic nitrogens is 5. The lowest BCUT2D eigenvalue weighted by Gasteiger charge is -2.38. The van der Waals surface area contributed by atoms with Gasteiger partial charge in [-0.3, -0.25) is 14.3 Å². The first-order valence-corrected chi connectivity index (χ1v) is 8.54. The largest absolute Gasteiger partial charge is 0.337 e. The lowest BCUT2D eigenvalue weighted by Crippen LogP contribution is -2.51. The Labute approximate surface area is 145 Å². The maximum atomic E-state index is 12.4. The molecule has 0 radical (unpaired) electrons. The fraction of sp³-hybridized carbons (Fsp3) is 0.562. The average Bonchev–Trinajstić information content (AvgIpc) is 3.28. The lowest BCUT2D eigenvalue weighted by molar-refractivity contribution is 0.0491. The van der Waals surface area contributed by atoms with Crippen LogP contribution in [0.3, 0.4) is 0 Å². The monoisotopic (exact) mass is 343 g/mol. The number of hydrogen-bond acceptors (Lipinski definition) is 5. The Balaban J connectivity index is 1.37. The van der Waals surface area contributed by atoms with Gasteiger partial charge in [-0.1, -0.05) is 5.21 Å². The van der Waals surface area contributed by atoms with Crippen LogP contribution >= 0.6 is 0 Å². The summed E-state index contributed by atoms with van der Waals surface area (Å²) in [4.78, 5) is 28.3. The van der Waals surface area contributed by atoms with Crippen LogP contribution in [-0.4, -0.2) is 72.6 Å². The van der Waals surface area contributed by atoms with E-state index in [1.165, 1.54) is 0 Å². The molecule has 0 aliphatic carbocycles. The van der Waals surface area contributed by atoms with Crippen molar-refractivity contribution in [2.45, 2.75) is 25.8 Å². The van der Waals surface area contributed by atoms with Crippen molar-refractivity contribution in [2.75, 3.05) is 26.2 Å². The number of carbonyl (C=O) groups is 2. The van der Waals surface area contributed by atoms with Crippen molar-refractivity contribution in [1.29, 1.82) is 0 Å². The highest BCUT2D eigenvalue weighted by Crippen LogP contribution is 2.23. The summed E-state index contributed by atoms with van der Waals surface area (Å²) in [6, 6.07) is 1.85. The molecule has 9 heteroatoms. The zero-order chi connectivity index (χ0) is 17.6. The van der Waals surface area contributed by atoms with Gasteiger partial charge in [0.15, 0.2) is 11.4 Å². The molecular weight excluding hydrogens is 322 g/mol. The van der Waals surface area contributed by atoms with Crippen LogP contribution in [0.1, 0.15) is 45.6 Å². The highest BCUT2D eigenvalue weighted by atomic mass is 16.2. The van der Waals surface area contributed by atoms with Gasteiger partial charge in [-0.05, 0) is 25.8 Å². The van der Waals surface area contributed by atoms with Gasteiger partial charge in [0.2, 0.25) is 0 Å². The molecule has 132 valence electrons. The van der Waals surface area contributed by atoms with E-state index in [1.807, 2.05) is 18.9 Å². The van der Waals surface area contributed by atoms with Gasteiger partial charge >= 0.3 is 0 Å². The quantitative estimate of drug-likeness (QED) is 0.797. The van der Waals surface area contributed by atoms with Crippen LogP contribution in [0.5, 0.6) is 0 Å². The molecule has 2 aromatic heterocycles. The highest BCUT2D eigenvalue weighted by Gasteiger charge is 2.35. The molecule has 2 saturated heterocycles. The van der Waals surface area contributed by atoms with Crippen LogP contribution in [0, 0.1) is 6.92 Å². The summed E-state index contributed by atoms with van der Waals surface area (Å²) < 4.78 is 3.38. The molecular formula is C16H21N7O2. The third kappa shape index (κ3) is 2.79. The summed E-state index contributed by atoms with van der Waals surface area (Å²) in [5.41, 5.74) is 1.79. The second kappa shape index (κ2) is 5.98. The minimum absolute atomic E-state index is 0.0556. The normalized spacial score (nSPS) is 17.8. The van der Waals surface area contributed by atoms with E-state index in [-0.39, 0.29) is 17.9 Å². The molecule has 0 aromatic carbocycles. The molecule has 4 rings (SSSR count). The zero-order valence-electron chi connectivity index (χ0n) is 14.4. The smallest absolute Gasteiger partial charge is 0.276 e. The minimum Gasteiger partial charge on any atom is -0.337 e. The molecule has 0 unspecified atom stereocenters. The van der Waals surface area contributed by atoms with Gasteiger partial charge < -0.3 is 9.80 Å². The number of nitrogens with zero attached hydrogens (tertiary/aromatic N) is 7. The summed E-state index contributed by atoms with van der Waals surface area (Å²) in [6.45, 7) is 4.60. The highest BCUT2D eigenvalue weighted by molar-refractivity contribution is 5.93. The van der Waals surface area contributed by atoms with Crippen molar-refractivity contribution in [2.24, 2.45) is 7.05 Å². The Morgan fingerprint density at radius 2 is 1.76 bits per heavy atom. The third-order valence-electron chi connectivity index (χ3n) is 4.98. The number of rotatable bonds is 3. The van der Waals surface area contributed by atoms with Crippen LogP contribution in [0.4, 0.5) is 0 Å². The maximum absolute atomic E-state index is 12.4. The molecule has 2 fully saturated rings. The predicted octanol–water partition coefficient (Wildman–Crippen LogP) is 0.253. The Morgan fingerprint density at radius 3 is 2.40 bits per heavy atom. The Hall–Kier alpha value is -2.71. The molecule has 25 heavy (non-hydrogen) atoms. The Morgan fingerprint density at radius 1 is 1.08 bits per heavy atom. The van der Waals surface area contributed by atoms with E-state index in [4.69, 9.17) is 0 Å². The molecule has 2 aliphatic rings. The van der Waals surface area contributed by atoms with Gasteiger partial charge in [0.25, 0.3) is 11.8 Å². The second-order valence-corrected chi connectivity index (χ2v) is 6.74. The van der Waals surface area contributed by atoms with E-state index in [9.17, 15) is 9.59 Å². The van der Waals surface area contributed by atoms with Crippen molar-refractivity contribution in [3.05, 3.63) is 29.3 Å². The van der Waals surface area contributed by atoms with E-state index in [2.05, 4.69) is 15.4 Å². The number of aryl methyl sites for hydroxylation is 2. The number of likely N-dealkylation sites (tertiary alicyclic amines) is 2. The van der Waals surface area contributed by atoms with Gasteiger partial charge in [0.1, 0.15) is 0 Å². The Bertz CT molecular complexity index is 793. The van der Waals surface area contributed by atoms with E-state index in [1.54, 1.807) is 26.5 Å². The first kappa shape index (κ1) is 15.8. The van der Waals surface area contributed by atoms with Crippen molar-refractivity contribution >= 4 is 11.8 Å². The number of hydrogen-bond donors (Lipinski definition) is 0. The fourth-order valence-corrected chi connectivity index (χ4v) is 3.25. The van der Waals surface area contributed by atoms with Crippen LogP contribution in [-0.2, 0) is 7.05 Å². The van der Waals surface area contributed by atoms with Gasteiger partial charge in [-0.2, -0.15) is 5.10 Å². The van der Waals surface area contributed by atoms with E-state index in [0.717, 1.165) is 31.6 Å². The first-order valence-electron chi connectivity index (χ1n) is 8.54. The molecule has 0 atom stereocenters. The van der Waals surface area contributed by atoms with E-state index >= 15 is 0 Å². The third-order valence-corrected chi connectivity index (χ3v) is 4.98. The molecule has 2 aliphatic heterocycles. The SMILES string of the molecule is Cc1cc(C(=O)N2CC(n3cc(C(=O)N4CCCC4)nn3)C2)nn1C. The Kier molecular flexibility index (Phi) is 3.78. The summed E-state index contributed by atoms with van der Waals surface area (Å²) in [5, 5.41) is 12.3. The molecule has 0 bridgehead atoms. The molecule has 9 nitrogen and oxygen atoms in total. The fourth-order valence-electron chi connectivity index (χ4n) is 3.25. The number of amides is 2.